The van der Waals surface area contributed by atoms with E-state index in [0.717, 1.165) is 16.6 Å². The number of rotatable bonds is 3. The van der Waals surface area contributed by atoms with Gasteiger partial charge in [0.15, 0.2) is 0 Å². The molecule has 2 unspecified atom stereocenters. The Balaban J connectivity index is 2.01. The van der Waals surface area contributed by atoms with Crippen molar-refractivity contribution in [3.8, 4) is 0 Å². The van der Waals surface area contributed by atoms with E-state index in [4.69, 9.17) is 5.73 Å². The molecule has 0 saturated heterocycles. The lowest BCUT2D eigenvalue weighted by Gasteiger charge is -2.16. The van der Waals surface area contributed by atoms with Gasteiger partial charge in [-0.25, -0.2) is 0 Å². The minimum absolute atomic E-state index is 0.599. The smallest absolute Gasteiger partial charge is 0.0578 e. The summed E-state index contributed by atoms with van der Waals surface area (Å²) in [6.07, 6.45) is 6.05. The number of hydrogen-bond acceptors (Lipinski definition) is 3. The number of anilines is 2. The number of thioether (sulfide) groups is 1. The van der Waals surface area contributed by atoms with Crippen LogP contribution in [-0.2, 0) is 0 Å². The van der Waals surface area contributed by atoms with Crippen molar-refractivity contribution in [2.24, 2.45) is 0 Å². The predicted octanol–water partition coefficient (Wildman–Crippen LogP) is 3.27. The molecule has 3 heteroatoms. The van der Waals surface area contributed by atoms with E-state index in [0.29, 0.717) is 6.04 Å². The molecule has 0 radical (unpaired) electrons. The Morgan fingerprint density at radius 1 is 1.38 bits per heavy atom. The van der Waals surface area contributed by atoms with Gasteiger partial charge in [0.25, 0.3) is 0 Å². The van der Waals surface area contributed by atoms with E-state index in [1.54, 1.807) is 0 Å². The van der Waals surface area contributed by atoms with Crippen LogP contribution in [0.3, 0.4) is 0 Å². The normalized spacial score (nSPS) is 24.6. The van der Waals surface area contributed by atoms with Crippen molar-refractivity contribution in [3.05, 3.63) is 23.8 Å². The molecule has 1 fully saturated rings. The van der Waals surface area contributed by atoms with Crippen molar-refractivity contribution in [1.82, 2.24) is 0 Å². The van der Waals surface area contributed by atoms with Gasteiger partial charge in [0, 0.05) is 11.3 Å². The molecule has 3 N–H and O–H groups in total. The quantitative estimate of drug-likeness (QED) is 0.791. The van der Waals surface area contributed by atoms with E-state index in [9.17, 15) is 0 Å². The largest absolute Gasteiger partial charge is 0.397 e. The van der Waals surface area contributed by atoms with Gasteiger partial charge in [0.2, 0.25) is 0 Å². The van der Waals surface area contributed by atoms with Gasteiger partial charge in [-0.2, -0.15) is 11.8 Å². The Hall–Kier alpha value is -0.830. The number of nitrogen functional groups attached to an aromatic ring is 1. The van der Waals surface area contributed by atoms with Crippen LogP contribution in [0.4, 0.5) is 11.4 Å². The zero-order chi connectivity index (χ0) is 11.5. The SMILES string of the molecule is CSC1CCC(Nc2cc(C)ccc2N)C1. The van der Waals surface area contributed by atoms with Gasteiger partial charge in [-0.15, -0.1) is 0 Å². The van der Waals surface area contributed by atoms with Crippen molar-refractivity contribution < 1.29 is 0 Å². The molecule has 16 heavy (non-hydrogen) atoms. The summed E-state index contributed by atoms with van der Waals surface area (Å²) in [5, 5.41) is 4.40. The zero-order valence-corrected chi connectivity index (χ0v) is 10.8. The van der Waals surface area contributed by atoms with Crippen LogP contribution in [-0.4, -0.2) is 17.5 Å². The van der Waals surface area contributed by atoms with E-state index in [1.165, 1.54) is 24.8 Å². The standard InChI is InChI=1S/C13H20N2S/c1-9-3-6-12(14)13(7-9)15-10-4-5-11(8-10)16-2/h3,6-7,10-11,15H,4-5,8,14H2,1-2H3. The lowest BCUT2D eigenvalue weighted by atomic mass is 10.1. The summed E-state index contributed by atoms with van der Waals surface area (Å²) in [6, 6.07) is 6.78. The number of hydrogen-bond donors (Lipinski definition) is 2. The Labute approximate surface area is 102 Å². The lowest BCUT2D eigenvalue weighted by Crippen LogP contribution is -2.17. The molecule has 0 aliphatic heterocycles. The minimum Gasteiger partial charge on any atom is -0.397 e. The van der Waals surface area contributed by atoms with Gasteiger partial charge in [-0.05, 0) is 50.1 Å². The van der Waals surface area contributed by atoms with Gasteiger partial charge >= 0.3 is 0 Å². The number of nitrogens with two attached hydrogens (primary N) is 1. The molecule has 1 saturated carbocycles. The minimum atomic E-state index is 0.599. The highest BCUT2D eigenvalue weighted by molar-refractivity contribution is 7.99. The summed E-state index contributed by atoms with van der Waals surface area (Å²) in [5.41, 5.74) is 9.19. The van der Waals surface area contributed by atoms with Gasteiger partial charge < -0.3 is 11.1 Å². The summed E-state index contributed by atoms with van der Waals surface area (Å²) in [7, 11) is 0. The molecule has 2 rings (SSSR count). The fourth-order valence-electron chi connectivity index (χ4n) is 2.30. The molecule has 88 valence electrons. The van der Waals surface area contributed by atoms with E-state index in [-0.39, 0.29) is 0 Å². The van der Waals surface area contributed by atoms with Crippen molar-refractivity contribution in [1.29, 1.82) is 0 Å². The van der Waals surface area contributed by atoms with Crippen molar-refractivity contribution in [2.75, 3.05) is 17.3 Å². The van der Waals surface area contributed by atoms with Crippen LogP contribution >= 0.6 is 11.8 Å². The summed E-state index contributed by atoms with van der Waals surface area (Å²) in [4.78, 5) is 0. The lowest BCUT2D eigenvalue weighted by molar-refractivity contribution is 0.757. The topological polar surface area (TPSA) is 38.0 Å². The molecule has 0 bridgehead atoms. The third-order valence-electron chi connectivity index (χ3n) is 3.29. The molecule has 2 nitrogen and oxygen atoms in total. The van der Waals surface area contributed by atoms with E-state index >= 15 is 0 Å². The summed E-state index contributed by atoms with van der Waals surface area (Å²) < 4.78 is 0. The first-order valence-corrected chi connectivity index (χ1v) is 7.13. The molecule has 0 aromatic heterocycles. The Bertz CT molecular complexity index is 365. The van der Waals surface area contributed by atoms with Crippen LogP contribution in [0.1, 0.15) is 24.8 Å². The van der Waals surface area contributed by atoms with E-state index in [2.05, 4.69) is 30.6 Å². The van der Waals surface area contributed by atoms with Crippen LogP contribution < -0.4 is 11.1 Å². The Kier molecular flexibility index (Phi) is 3.64. The second-order valence-electron chi connectivity index (χ2n) is 4.60. The van der Waals surface area contributed by atoms with Crippen LogP contribution in [0, 0.1) is 6.92 Å². The van der Waals surface area contributed by atoms with Gasteiger partial charge in [-0.3, -0.25) is 0 Å². The first kappa shape index (κ1) is 11.6. The van der Waals surface area contributed by atoms with Crippen LogP contribution in [0.25, 0.3) is 0 Å². The predicted molar refractivity (Wildman–Crippen MR) is 74.2 cm³/mol. The molecule has 1 aliphatic rings. The fourth-order valence-corrected chi connectivity index (χ4v) is 3.10. The highest BCUT2D eigenvalue weighted by Crippen LogP contribution is 2.31. The van der Waals surface area contributed by atoms with Crippen LogP contribution in [0.15, 0.2) is 18.2 Å². The van der Waals surface area contributed by atoms with E-state index in [1.807, 2.05) is 17.8 Å². The van der Waals surface area contributed by atoms with Crippen molar-refractivity contribution in [3.63, 3.8) is 0 Å². The monoisotopic (exact) mass is 236 g/mol. The molecule has 2 atom stereocenters. The molecule has 1 aromatic carbocycles. The molecule has 0 heterocycles. The van der Waals surface area contributed by atoms with Gasteiger partial charge in [0.05, 0.1) is 11.4 Å². The summed E-state index contributed by atoms with van der Waals surface area (Å²) >= 11 is 1.98. The second-order valence-corrected chi connectivity index (χ2v) is 5.74. The Morgan fingerprint density at radius 3 is 2.88 bits per heavy atom. The van der Waals surface area contributed by atoms with Gasteiger partial charge in [-0.1, -0.05) is 6.07 Å². The molecule has 0 spiro atoms. The molecular formula is C13H20N2S. The highest BCUT2D eigenvalue weighted by atomic mass is 32.2. The average molecular weight is 236 g/mol. The van der Waals surface area contributed by atoms with Crippen molar-refractivity contribution in [2.45, 2.75) is 37.5 Å². The fraction of sp³-hybridized carbons (Fsp3) is 0.538. The average Bonchev–Trinajstić information content (AvgIpc) is 2.71. The zero-order valence-electron chi connectivity index (χ0n) is 9.99. The first-order chi connectivity index (χ1) is 7.69. The third-order valence-corrected chi connectivity index (χ3v) is 4.38. The maximum Gasteiger partial charge on any atom is 0.0578 e. The second kappa shape index (κ2) is 5.00. The summed E-state index contributed by atoms with van der Waals surface area (Å²) in [6.45, 7) is 2.10. The number of benzene rings is 1. The van der Waals surface area contributed by atoms with Crippen molar-refractivity contribution >= 4 is 23.1 Å². The summed E-state index contributed by atoms with van der Waals surface area (Å²) in [5.74, 6) is 0. The first-order valence-electron chi connectivity index (χ1n) is 5.84. The third kappa shape index (κ3) is 2.64. The molecular weight excluding hydrogens is 216 g/mol. The van der Waals surface area contributed by atoms with E-state index < -0.39 is 0 Å². The number of aryl methyl sites for hydroxylation is 1. The Morgan fingerprint density at radius 2 is 2.19 bits per heavy atom. The molecule has 0 amide bonds. The van der Waals surface area contributed by atoms with Gasteiger partial charge in [0.1, 0.15) is 0 Å². The molecule has 1 aliphatic carbocycles. The molecule has 1 aromatic rings. The van der Waals surface area contributed by atoms with Crippen LogP contribution in [0.2, 0.25) is 0 Å². The van der Waals surface area contributed by atoms with Crippen LogP contribution in [0.5, 0.6) is 0 Å². The maximum absolute atomic E-state index is 5.97. The number of nitrogens with one attached hydrogen (secondary N) is 1. The highest BCUT2D eigenvalue weighted by Gasteiger charge is 2.23. The maximum atomic E-state index is 5.97.